The Balaban J connectivity index is 1.93. The van der Waals surface area contributed by atoms with Crippen molar-refractivity contribution in [1.29, 1.82) is 0 Å². The third-order valence-corrected chi connectivity index (χ3v) is 4.86. The van der Waals surface area contributed by atoms with E-state index in [-0.39, 0.29) is 5.91 Å². The summed E-state index contributed by atoms with van der Waals surface area (Å²) in [4.78, 5) is 18.2. The first-order valence-corrected chi connectivity index (χ1v) is 7.46. The minimum absolute atomic E-state index is 0.0750. The summed E-state index contributed by atoms with van der Waals surface area (Å²) < 4.78 is 2.13. The zero-order valence-electron chi connectivity index (χ0n) is 11.0. The summed E-state index contributed by atoms with van der Waals surface area (Å²) in [7, 11) is 0. The molecule has 3 heterocycles. The zero-order chi connectivity index (χ0) is 13.7. The Kier molecular flexibility index (Phi) is 2.44. The maximum Gasteiger partial charge on any atom is 0.228 e. The fourth-order valence-corrected chi connectivity index (χ4v) is 3.79. The average Bonchev–Trinajstić information content (AvgIpc) is 3.08. The van der Waals surface area contributed by atoms with E-state index in [0.717, 1.165) is 28.2 Å². The molecule has 1 aliphatic rings. The molecule has 100 valence electrons. The fourth-order valence-electron chi connectivity index (χ4n) is 2.74. The van der Waals surface area contributed by atoms with E-state index in [9.17, 15) is 4.79 Å². The molecule has 1 N–H and O–H groups in total. The van der Waals surface area contributed by atoms with Crippen molar-refractivity contribution in [3.05, 3.63) is 41.0 Å². The number of nitrogens with one attached hydrogen (secondary N) is 1. The Morgan fingerprint density at radius 1 is 1.45 bits per heavy atom. The molecule has 1 aromatic carbocycles. The van der Waals surface area contributed by atoms with Crippen LogP contribution in [0.3, 0.4) is 0 Å². The number of aromatic nitrogens is 2. The molecule has 0 fully saturated rings. The first kappa shape index (κ1) is 11.7. The lowest BCUT2D eigenvalue weighted by atomic mass is 10.0. The fraction of sp³-hybridized carbons (Fsp3) is 0.200. The molecule has 4 nitrogen and oxygen atoms in total. The Morgan fingerprint density at radius 3 is 3.20 bits per heavy atom. The predicted octanol–water partition coefficient (Wildman–Crippen LogP) is 3.12. The van der Waals surface area contributed by atoms with Gasteiger partial charge < -0.3 is 5.32 Å². The third-order valence-electron chi connectivity index (χ3n) is 3.65. The molecule has 0 bridgehead atoms. The van der Waals surface area contributed by atoms with E-state index >= 15 is 0 Å². The van der Waals surface area contributed by atoms with Crippen LogP contribution in [0.5, 0.6) is 0 Å². The summed E-state index contributed by atoms with van der Waals surface area (Å²) in [5, 5.41) is 2.88. The highest BCUT2D eigenvalue weighted by Gasteiger charge is 2.20. The number of carbonyl (C=O) groups excluding carboxylic acids is 1. The van der Waals surface area contributed by atoms with Crippen LogP contribution in [0, 0.1) is 0 Å². The van der Waals surface area contributed by atoms with Gasteiger partial charge in [0.1, 0.15) is 0 Å². The van der Waals surface area contributed by atoms with Crippen LogP contribution in [-0.4, -0.2) is 15.3 Å². The summed E-state index contributed by atoms with van der Waals surface area (Å²) in [6, 6.07) is 6.19. The summed E-state index contributed by atoms with van der Waals surface area (Å²) in [6.45, 7) is 2.16. The molecule has 1 amide bonds. The van der Waals surface area contributed by atoms with Gasteiger partial charge in [0.05, 0.1) is 12.1 Å². The second-order valence-corrected chi connectivity index (χ2v) is 5.97. The molecule has 3 aromatic rings. The number of amides is 1. The molecule has 0 radical (unpaired) electrons. The SMILES string of the molecule is CCc1sc2nccn2c1-c1ccc2c(c1)CC(=O)N2. The van der Waals surface area contributed by atoms with Gasteiger partial charge in [-0.25, -0.2) is 4.98 Å². The average molecular weight is 283 g/mol. The van der Waals surface area contributed by atoms with E-state index in [1.165, 1.54) is 10.6 Å². The number of aryl methyl sites for hydroxylation is 1. The highest BCUT2D eigenvalue weighted by atomic mass is 32.1. The third kappa shape index (κ3) is 1.59. The molecule has 0 unspecified atom stereocenters. The van der Waals surface area contributed by atoms with Gasteiger partial charge in [-0.05, 0) is 24.1 Å². The lowest BCUT2D eigenvalue weighted by Crippen LogP contribution is -2.03. The Hall–Kier alpha value is -2.14. The maximum atomic E-state index is 11.5. The van der Waals surface area contributed by atoms with E-state index < -0.39 is 0 Å². The topological polar surface area (TPSA) is 46.4 Å². The monoisotopic (exact) mass is 283 g/mol. The second kappa shape index (κ2) is 4.18. The van der Waals surface area contributed by atoms with Crippen molar-refractivity contribution in [2.75, 3.05) is 5.32 Å². The van der Waals surface area contributed by atoms with Crippen LogP contribution < -0.4 is 5.32 Å². The molecular formula is C15H13N3OS. The molecule has 0 saturated carbocycles. The van der Waals surface area contributed by atoms with E-state index in [1.807, 2.05) is 18.5 Å². The van der Waals surface area contributed by atoms with Crippen molar-refractivity contribution in [3.63, 3.8) is 0 Å². The number of nitrogens with zero attached hydrogens (tertiary/aromatic N) is 2. The molecule has 1 aliphatic heterocycles. The number of rotatable bonds is 2. The van der Waals surface area contributed by atoms with Crippen molar-refractivity contribution < 1.29 is 4.79 Å². The predicted molar refractivity (Wildman–Crippen MR) is 80.2 cm³/mol. The van der Waals surface area contributed by atoms with E-state index in [2.05, 4.69) is 33.8 Å². The minimum atomic E-state index is 0.0750. The second-order valence-electron chi connectivity index (χ2n) is 4.90. The van der Waals surface area contributed by atoms with Gasteiger partial charge in [-0.15, -0.1) is 11.3 Å². The van der Waals surface area contributed by atoms with Gasteiger partial charge in [0.25, 0.3) is 0 Å². The van der Waals surface area contributed by atoms with Crippen LogP contribution in [-0.2, 0) is 17.6 Å². The number of hydrogen-bond acceptors (Lipinski definition) is 3. The largest absolute Gasteiger partial charge is 0.326 e. The maximum absolute atomic E-state index is 11.5. The lowest BCUT2D eigenvalue weighted by Gasteiger charge is -2.06. The van der Waals surface area contributed by atoms with Crippen LogP contribution in [0.1, 0.15) is 17.4 Å². The van der Waals surface area contributed by atoms with Gasteiger partial charge in [-0.1, -0.05) is 13.0 Å². The van der Waals surface area contributed by atoms with Gasteiger partial charge in [0.2, 0.25) is 5.91 Å². The van der Waals surface area contributed by atoms with Gasteiger partial charge in [0.15, 0.2) is 4.96 Å². The summed E-state index contributed by atoms with van der Waals surface area (Å²) >= 11 is 1.73. The van der Waals surface area contributed by atoms with E-state index in [0.29, 0.717) is 6.42 Å². The number of imidazole rings is 1. The minimum Gasteiger partial charge on any atom is -0.326 e. The number of fused-ring (bicyclic) bond motifs is 2. The van der Waals surface area contributed by atoms with Crippen molar-refractivity contribution in [1.82, 2.24) is 9.38 Å². The smallest absolute Gasteiger partial charge is 0.228 e. The van der Waals surface area contributed by atoms with E-state index in [4.69, 9.17) is 0 Å². The van der Waals surface area contributed by atoms with Crippen molar-refractivity contribution in [2.45, 2.75) is 19.8 Å². The Bertz CT molecular complexity index is 831. The van der Waals surface area contributed by atoms with Crippen molar-refractivity contribution in [2.24, 2.45) is 0 Å². The first-order valence-electron chi connectivity index (χ1n) is 6.64. The summed E-state index contributed by atoms with van der Waals surface area (Å²) in [5.41, 5.74) is 4.37. The van der Waals surface area contributed by atoms with Crippen LogP contribution in [0.15, 0.2) is 30.6 Å². The van der Waals surface area contributed by atoms with Gasteiger partial charge in [-0.2, -0.15) is 0 Å². The molecule has 20 heavy (non-hydrogen) atoms. The first-order chi connectivity index (χ1) is 9.76. The van der Waals surface area contributed by atoms with Crippen LogP contribution in [0.4, 0.5) is 5.69 Å². The number of carbonyl (C=O) groups is 1. The normalized spacial score (nSPS) is 13.8. The highest BCUT2D eigenvalue weighted by molar-refractivity contribution is 7.17. The zero-order valence-corrected chi connectivity index (χ0v) is 11.8. The molecule has 4 rings (SSSR count). The van der Waals surface area contributed by atoms with Crippen LogP contribution in [0.25, 0.3) is 16.2 Å². The molecule has 5 heteroatoms. The van der Waals surface area contributed by atoms with Crippen molar-refractivity contribution >= 4 is 27.9 Å². The van der Waals surface area contributed by atoms with Crippen molar-refractivity contribution in [3.8, 4) is 11.3 Å². The van der Waals surface area contributed by atoms with Crippen LogP contribution in [0.2, 0.25) is 0 Å². The molecule has 0 aliphatic carbocycles. The summed E-state index contributed by atoms with van der Waals surface area (Å²) in [5.74, 6) is 0.0750. The number of anilines is 1. The molecule has 0 saturated heterocycles. The highest BCUT2D eigenvalue weighted by Crippen LogP contribution is 2.35. The lowest BCUT2D eigenvalue weighted by molar-refractivity contribution is -0.115. The van der Waals surface area contributed by atoms with Gasteiger partial charge in [0, 0.05) is 28.5 Å². The number of benzene rings is 1. The number of hydrogen-bond donors (Lipinski definition) is 1. The molecular weight excluding hydrogens is 270 g/mol. The molecule has 2 aromatic heterocycles. The Morgan fingerprint density at radius 2 is 2.35 bits per heavy atom. The quantitative estimate of drug-likeness (QED) is 0.785. The molecule has 0 atom stereocenters. The Labute approximate surface area is 120 Å². The van der Waals surface area contributed by atoms with Gasteiger partial charge in [-0.3, -0.25) is 9.20 Å². The van der Waals surface area contributed by atoms with Gasteiger partial charge >= 0.3 is 0 Å². The van der Waals surface area contributed by atoms with Crippen LogP contribution >= 0.6 is 11.3 Å². The molecule has 0 spiro atoms. The summed E-state index contributed by atoms with van der Waals surface area (Å²) in [6.07, 6.45) is 5.28. The number of thiazole rings is 1. The standard InChI is InChI=1S/C15H13N3OS/c1-2-12-14(18-6-5-16-15(18)20-12)9-3-4-11-10(7-9)8-13(19)17-11/h3-7H,2,8H2,1H3,(H,17,19). The van der Waals surface area contributed by atoms with E-state index in [1.54, 1.807) is 11.3 Å².